The van der Waals surface area contributed by atoms with Gasteiger partial charge in [0.15, 0.2) is 5.54 Å². The number of nitrogens with zero attached hydrogens (tertiary/aromatic N) is 3. The van der Waals surface area contributed by atoms with Crippen molar-refractivity contribution in [1.82, 2.24) is 9.80 Å². The van der Waals surface area contributed by atoms with Crippen LogP contribution in [0, 0.1) is 0 Å². The minimum absolute atomic E-state index is 0.00356. The molecular weight excluding hydrogens is 598 g/mol. The summed E-state index contributed by atoms with van der Waals surface area (Å²) < 4.78 is 36.2. The molecule has 42 heavy (non-hydrogen) atoms. The fourth-order valence-corrected chi connectivity index (χ4v) is 9.22. The molecule has 2 aliphatic rings. The summed E-state index contributed by atoms with van der Waals surface area (Å²) in [6.07, 6.45) is -0.894. The van der Waals surface area contributed by atoms with Crippen LogP contribution in [0.4, 0.5) is 5.69 Å². The fraction of sp³-hybridized carbons (Fsp3) is 0.267. The maximum Gasteiger partial charge on any atom is 0.280 e. The van der Waals surface area contributed by atoms with Crippen LogP contribution in [0.3, 0.4) is 0 Å². The van der Waals surface area contributed by atoms with Crippen LogP contribution in [0.2, 0.25) is 5.02 Å². The number of halogens is 1. The van der Waals surface area contributed by atoms with E-state index in [4.69, 9.17) is 16.3 Å². The molecular formula is C30H28ClN3O6S2. The van der Waals surface area contributed by atoms with Crippen molar-refractivity contribution in [3.8, 4) is 5.75 Å². The Morgan fingerprint density at radius 3 is 2.50 bits per heavy atom. The molecule has 6 rings (SSSR count). The van der Waals surface area contributed by atoms with Crippen LogP contribution in [0.15, 0.2) is 77.0 Å². The first kappa shape index (κ1) is 28.6. The minimum Gasteiger partial charge on any atom is -0.496 e. The second kappa shape index (κ2) is 10.4. The lowest BCUT2D eigenvalue weighted by Crippen LogP contribution is -2.59. The second-order valence-corrected chi connectivity index (χ2v) is 14.1. The molecule has 218 valence electrons. The summed E-state index contributed by atoms with van der Waals surface area (Å²) in [7, 11) is 0.214. The predicted octanol–water partition coefficient (Wildman–Crippen LogP) is 4.07. The number of fused-ring (bicyclic) bond motifs is 2. The number of amides is 2. The number of likely N-dealkylation sites (tertiary alicyclic amines) is 1. The number of methoxy groups -OCH3 is 1. The zero-order chi connectivity index (χ0) is 30.0. The van der Waals surface area contributed by atoms with E-state index in [-0.39, 0.29) is 39.4 Å². The molecule has 0 radical (unpaired) electrons. The molecule has 0 spiro atoms. The van der Waals surface area contributed by atoms with Crippen molar-refractivity contribution in [2.24, 2.45) is 0 Å². The van der Waals surface area contributed by atoms with Gasteiger partial charge in [0.25, 0.3) is 15.9 Å². The Hall–Kier alpha value is -3.48. The fourth-order valence-electron chi connectivity index (χ4n) is 6.11. The summed E-state index contributed by atoms with van der Waals surface area (Å²) in [5.74, 6) is -0.828. The summed E-state index contributed by atoms with van der Waals surface area (Å²) in [5, 5.41) is 11.9. The molecule has 9 nitrogen and oxygen atoms in total. The molecule has 3 atom stereocenters. The Morgan fingerprint density at radius 2 is 1.79 bits per heavy atom. The molecule has 3 aromatic carbocycles. The SMILES string of the molecule is COc1ccccc1C1(N2CC(O)CC2C(=O)N(C)C)C(=O)N(S(=O)(=O)c2cc3ccccc3s2)c2ccc(Cl)cc21. The van der Waals surface area contributed by atoms with Crippen LogP contribution in [-0.4, -0.2) is 75.0 Å². The normalized spacial score (nSPS) is 22.5. The van der Waals surface area contributed by atoms with E-state index < -0.39 is 33.6 Å². The van der Waals surface area contributed by atoms with Gasteiger partial charge in [-0.05, 0) is 48.2 Å². The standard InChI is InChI=1S/C30H28ClN3O6S2/c1-32(2)28(36)24-16-20(35)17-33(24)30(21-9-5-6-10-25(21)40-3)22-15-19(31)12-13-23(22)34(29(30)37)42(38,39)27-14-18-8-4-7-11-26(18)41-27/h4-15,20,24,35H,16-17H2,1-3H3. The van der Waals surface area contributed by atoms with E-state index in [1.54, 1.807) is 55.4 Å². The third kappa shape index (κ3) is 4.14. The number of carbonyl (C=O) groups excluding carboxylic acids is 2. The van der Waals surface area contributed by atoms with Gasteiger partial charge in [0.05, 0.1) is 24.9 Å². The average molecular weight is 626 g/mol. The highest BCUT2D eigenvalue weighted by atomic mass is 35.5. The number of para-hydroxylation sites is 1. The molecule has 1 N–H and O–H groups in total. The summed E-state index contributed by atoms with van der Waals surface area (Å²) in [6, 6.07) is 19.3. The molecule has 0 saturated carbocycles. The van der Waals surface area contributed by atoms with Crippen LogP contribution < -0.4 is 9.04 Å². The zero-order valence-corrected chi connectivity index (χ0v) is 25.4. The Bertz CT molecular complexity index is 1810. The monoisotopic (exact) mass is 625 g/mol. The summed E-state index contributed by atoms with van der Waals surface area (Å²) >= 11 is 7.59. The van der Waals surface area contributed by atoms with Crippen molar-refractivity contribution in [2.75, 3.05) is 32.1 Å². The maximum atomic E-state index is 15.1. The number of aliphatic hydroxyl groups excluding tert-OH is 1. The molecule has 1 fully saturated rings. The Balaban J connectivity index is 1.67. The van der Waals surface area contributed by atoms with Gasteiger partial charge < -0.3 is 14.7 Å². The largest absolute Gasteiger partial charge is 0.496 e. The quantitative estimate of drug-likeness (QED) is 0.344. The number of rotatable bonds is 6. The van der Waals surface area contributed by atoms with Gasteiger partial charge in [-0.25, -0.2) is 0 Å². The lowest BCUT2D eigenvalue weighted by Gasteiger charge is -2.42. The van der Waals surface area contributed by atoms with Gasteiger partial charge in [0.1, 0.15) is 9.96 Å². The first-order chi connectivity index (χ1) is 20.0. The predicted molar refractivity (Wildman–Crippen MR) is 162 cm³/mol. The van der Waals surface area contributed by atoms with E-state index in [1.807, 2.05) is 24.3 Å². The topological polar surface area (TPSA) is 107 Å². The number of carbonyl (C=O) groups is 2. The molecule has 2 amide bonds. The number of likely N-dealkylation sites (N-methyl/N-ethyl adjacent to an activating group) is 1. The highest BCUT2D eigenvalue weighted by molar-refractivity contribution is 7.95. The number of ether oxygens (including phenoxy) is 1. The number of hydrogen-bond acceptors (Lipinski definition) is 8. The second-order valence-electron chi connectivity index (χ2n) is 10.5. The van der Waals surface area contributed by atoms with Crippen LogP contribution in [0.1, 0.15) is 17.5 Å². The molecule has 3 heterocycles. The smallest absolute Gasteiger partial charge is 0.280 e. The molecule has 0 aliphatic carbocycles. The van der Waals surface area contributed by atoms with E-state index in [2.05, 4.69) is 0 Å². The number of anilines is 1. The Labute approximate surface area is 252 Å². The van der Waals surface area contributed by atoms with Gasteiger partial charge in [-0.2, -0.15) is 12.7 Å². The van der Waals surface area contributed by atoms with E-state index in [0.717, 1.165) is 25.7 Å². The molecule has 3 unspecified atom stereocenters. The number of aliphatic hydroxyl groups is 1. The van der Waals surface area contributed by atoms with Crippen molar-refractivity contribution in [3.63, 3.8) is 0 Å². The number of thiophene rings is 1. The lowest BCUT2D eigenvalue weighted by molar-refractivity contribution is -0.138. The zero-order valence-electron chi connectivity index (χ0n) is 23.0. The van der Waals surface area contributed by atoms with Gasteiger partial charge >= 0.3 is 0 Å². The first-order valence-electron chi connectivity index (χ1n) is 13.2. The number of sulfonamides is 1. The van der Waals surface area contributed by atoms with Crippen LogP contribution >= 0.6 is 22.9 Å². The summed E-state index contributed by atoms with van der Waals surface area (Å²) in [6.45, 7) is -0.0727. The number of β-amino-alcohol motifs (C(OH)–C–C–N with tert-alkyl or cyclic N) is 1. The Kier molecular flexibility index (Phi) is 7.06. The van der Waals surface area contributed by atoms with Gasteiger partial charge in [0.2, 0.25) is 5.91 Å². The third-order valence-corrected chi connectivity index (χ3v) is 11.4. The van der Waals surface area contributed by atoms with Crippen molar-refractivity contribution in [3.05, 3.63) is 88.9 Å². The van der Waals surface area contributed by atoms with Gasteiger partial charge in [-0.15, -0.1) is 11.3 Å². The van der Waals surface area contributed by atoms with Crippen LogP contribution in [-0.2, 0) is 25.2 Å². The molecule has 2 aliphatic heterocycles. The minimum atomic E-state index is -4.44. The van der Waals surface area contributed by atoms with E-state index >= 15 is 4.79 Å². The average Bonchev–Trinajstić information content (AvgIpc) is 3.65. The molecule has 1 saturated heterocycles. The van der Waals surface area contributed by atoms with Gasteiger partial charge in [-0.3, -0.25) is 14.5 Å². The van der Waals surface area contributed by atoms with Crippen molar-refractivity contribution in [2.45, 2.75) is 28.3 Å². The van der Waals surface area contributed by atoms with Crippen molar-refractivity contribution in [1.29, 1.82) is 0 Å². The van der Waals surface area contributed by atoms with Crippen molar-refractivity contribution >= 4 is 60.5 Å². The van der Waals surface area contributed by atoms with Crippen LogP contribution in [0.25, 0.3) is 10.1 Å². The Morgan fingerprint density at radius 1 is 1.07 bits per heavy atom. The van der Waals surface area contributed by atoms with Crippen LogP contribution in [0.5, 0.6) is 5.75 Å². The number of benzene rings is 3. The highest BCUT2D eigenvalue weighted by Gasteiger charge is 2.64. The third-order valence-electron chi connectivity index (χ3n) is 7.89. The summed E-state index contributed by atoms with van der Waals surface area (Å²) in [5.41, 5.74) is -1.14. The molecule has 0 bridgehead atoms. The van der Waals surface area contributed by atoms with Gasteiger partial charge in [0, 0.05) is 41.5 Å². The first-order valence-corrected chi connectivity index (χ1v) is 15.8. The molecule has 1 aromatic heterocycles. The maximum absolute atomic E-state index is 15.1. The molecule has 12 heteroatoms. The van der Waals surface area contributed by atoms with Gasteiger partial charge in [-0.1, -0.05) is 48.0 Å². The molecule has 4 aromatic rings. The summed E-state index contributed by atoms with van der Waals surface area (Å²) in [4.78, 5) is 31.7. The van der Waals surface area contributed by atoms with E-state index in [9.17, 15) is 18.3 Å². The number of hydrogen-bond donors (Lipinski definition) is 1. The van der Waals surface area contributed by atoms with E-state index in [1.165, 1.54) is 24.1 Å². The lowest BCUT2D eigenvalue weighted by atomic mass is 9.80. The van der Waals surface area contributed by atoms with Crippen molar-refractivity contribution < 1.29 is 27.9 Å². The van der Waals surface area contributed by atoms with E-state index in [0.29, 0.717) is 11.3 Å². The highest BCUT2D eigenvalue weighted by Crippen LogP contribution is 2.55.